The zero-order valence-corrected chi connectivity index (χ0v) is 9.04. The Labute approximate surface area is 86.0 Å². The van der Waals surface area contributed by atoms with Gasteiger partial charge >= 0.3 is 0 Å². The average molecular weight is 199 g/mol. The van der Waals surface area contributed by atoms with Crippen LogP contribution in [0.4, 0.5) is 0 Å². The molecule has 1 aliphatic carbocycles. The molecule has 0 unspecified atom stereocenters. The van der Waals surface area contributed by atoms with Crippen LogP contribution < -0.4 is 0 Å². The Hall–Kier alpha value is -0.120. The van der Waals surface area contributed by atoms with E-state index in [1.165, 1.54) is 25.8 Å². The lowest BCUT2D eigenvalue weighted by atomic mass is 9.82. The van der Waals surface area contributed by atoms with Gasteiger partial charge < -0.3 is 14.7 Å². The summed E-state index contributed by atoms with van der Waals surface area (Å²) in [4.78, 5) is 2.39. The number of aliphatic hydroxyl groups is 1. The van der Waals surface area contributed by atoms with Crippen LogP contribution in [0.2, 0.25) is 0 Å². The van der Waals surface area contributed by atoms with Crippen LogP contribution in [-0.2, 0) is 4.74 Å². The Morgan fingerprint density at radius 1 is 1.57 bits per heavy atom. The van der Waals surface area contributed by atoms with Crippen molar-refractivity contribution in [3.05, 3.63) is 0 Å². The summed E-state index contributed by atoms with van der Waals surface area (Å²) < 4.78 is 5.37. The number of hydrogen-bond donors (Lipinski definition) is 1. The van der Waals surface area contributed by atoms with Crippen molar-refractivity contribution in [1.29, 1.82) is 0 Å². The van der Waals surface area contributed by atoms with Crippen LogP contribution in [0.5, 0.6) is 0 Å². The number of likely N-dealkylation sites (tertiary alicyclic amines) is 1. The average Bonchev–Trinajstić information content (AvgIpc) is 2.61. The van der Waals surface area contributed by atoms with E-state index in [0.29, 0.717) is 5.41 Å². The molecule has 1 saturated carbocycles. The van der Waals surface area contributed by atoms with Crippen molar-refractivity contribution >= 4 is 0 Å². The molecule has 2 fully saturated rings. The number of ether oxygens (including phenoxy) is 1. The summed E-state index contributed by atoms with van der Waals surface area (Å²) in [5.74, 6) is 0.814. The summed E-state index contributed by atoms with van der Waals surface area (Å²) in [5.41, 5.74) is 0.421. The highest BCUT2D eigenvalue weighted by Crippen LogP contribution is 2.48. The molecule has 0 spiro atoms. The molecule has 1 N–H and O–H groups in total. The molecule has 1 saturated heterocycles. The highest BCUT2D eigenvalue weighted by atomic mass is 16.5. The predicted octanol–water partition coefficient (Wildman–Crippen LogP) is 0.727. The third-order valence-corrected chi connectivity index (χ3v) is 3.96. The quantitative estimate of drug-likeness (QED) is 0.724. The molecule has 0 bridgehead atoms. The Kier molecular flexibility index (Phi) is 3.10. The molecule has 2 atom stereocenters. The lowest BCUT2D eigenvalue weighted by Crippen LogP contribution is -2.32. The molecule has 0 amide bonds. The molecule has 14 heavy (non-hydrogen) atoms. The van der Waals surface area contributed by atoms with Crippen LogP contribution in [0.3, 0.4) is 0 Å². The van der Waals surface area contributed by atoms with Crippen molar-refractivity contribution in [2.24, 2.45) is 11.3 Å². The maximum Gasteiger partial charge on any atom is 0.0558 e. The molecule has 0 radical (unpaired) electrons. The summed E-state index contributed by atoms with van der Waals surface area (Å²) in [6.07, 6.45) is 4.03. The van der Waals surface area contributed by atoms with Gasteiger partial charge in [0.2, 0.25) is 0 Å². The molecule has 3 heteroatoms. The SMILES string of the molecule is COC[C@]12CCC[C@@H]1CN(CCO)C2. The first-order chi connectivity index (χ1) is 6.80. The van der Waals surface area contributed by atoms with Crippen LogP contribution in [0, 0.1) is 11.3 Å². The molecule has 2 aliphatic rings. The zero-order valence-electron chi connectivity index (χ0n) is 9.04. The molecular weight excluding hydrogens is 178 g/mol. The molecule has 1 aliphatic heterocycles. The lowest BCUT2D eigenvalue weighted by molar-refractivity contribution is 0.0691. The normalized spacial score (nSPS) is 37.7. The van der Waals surface area contributed by atoms with E-state index >= 15 is 0 Å². The van der Waals surface area contributed by atoms with E-state index in [4.69, 9.17) is 9.84 Å². The topological polar surface area (TPSA) is 32.7 Å². The predicted molar refractivity (Wildman–Crippen MR) is 55.2 cm³/mol. The minimum absolute atomic E-state index is 0.287. The fourth-order valence-electron chi connectivity index (χ4n) is 3.36. The first kappa shape index (κ1) is 10.4. The van der Waals surface area contributed by atoms with Crippen LogP contribution in [0.1, 0.15) is 19.3 Å². The molecule has 82 valence electrons. The van der Waals surface area contributed by atoms with Crippen molar-refractivity contribution in [3.8, 4) is 0 Å². The van der Waals surface area contributed by atoms with Gasteiger partial charge in [0.05, 0.1) is 13.2 Å². The van der Waals surface area contributed by atoms with Gasteiger partial charge in [-0.25, -0.2) is 0 Å². The van der Waals surface area contributed by atoms with Gasteiger partial charge in [0.15, 0.2) is 0 Å². The van der Waals surface area contributed by atoms with E-state index < -0.39 is 0 Å². The maximum absolute atomic E-state index is 8.93. The number of fused-ring (bicyclic) bond motifs is 1. The van der Waals surface area contributed by atoms with Gasteiger partial charge in [0.1, 0.15) is 0 Å². The third-order valence-electron chi connectivity index (χ3n) is 3.96. The number of nitrogens with zero attached hydrogens (tertiary/aromatic N) is 1. The van der Waals surface area contributed by atoms with Gasteiger partial charge in [-0.2, -0.15) is 0 Å². The van der Waals surface area contributed by atoms with Crippen LogP contribution in [0.15, 0.2) is 0 Å². The first-order valence-corrected chi connectivity index (χ1v) is 5.63. The number of aliphatic hydroxyl groups excluding tert-OH is 1. The van der Waals surface area contributed by atoms with Crippen LogP contribution >= 0.6 is 0 Å². The van der Waals surface area contributed by atoms with Crippen LogP contribution in [-0.4, -0.2) is 50.0 Å². The summed E-state index contributed by atoms with van der Waals surface area (Å²) >= 11 is 0. The molecule has 0 aromatic carbocycles. The molecule has 3 nitrogen and oxygen atoms in total. The Bertz CT molecular complexity index is 198. The van der Waals surface area contributed by atoms with E-state index in [1.807, 2.05) is 0 Å². The Morgan fingerprint density at radius 2 is 2.43 bits per heavy atom. The smallest absolute Gasteiger partial charge is 0.0558 e. The standard InChI is InChI=1S/C11H21NO2/c1-14-9-11-4-2-3-10(11)7-12(8-11)5-6-13/h10,13H,2-9H2,1H3/t10-,11-/m1/s1. The second-order valence-electron chi connectivity index (χ2n) is 4.84. The summed E-state index contributed by atoms with van der Waals surface area (Å²) in [6.45, 7) is 4.33. The number of methoxy groups -OCH3 is 1. The number of hydrogen-bond acceptors (Lipinski definition) is 3. The van der Waals surface area contributed by atoms with E-state index in [9.17, 15) is 0 Å². The van der Waals surface area contributed by atoms with Gasteiger partial charge in [-0.1, -0.05) is 6.42 Å². The summed E-state index contributed by atoms with van der Waals surface area (Å²) in [6, 6.07) is 0. The largest absolute Gasteiger partial charge is 0.395 e. The second kappa shape index (κ2) is 4.17. The van der Waals surface area contributed by atoms with E-state index in [-0.39, 0.29) is 6.61 Å². The maximum atomic E-state index is 8.93. The minimum atomic E-state index is 0.287. The minimum Gasteiger partial charge on any atom is -0.395 e. The monoisotopic (exact) mass is 199 g/mol. The highest BCUT2D eigenvalue weighted by molar-refractivity contribution is 5.00. The first-order valence-electron chi connectivity index (χ1n) is 5.63. The van der Waals surface area contributed by atoms with E-state index in [0.717, 1.165) is 25.6 Å². The van der Waals surface area contributed by atoms with Crippen molar-refractivity contribution in [3.63, 3.8) is 0 Å². The zero-order chi connectivity index (χ0) is 10.0. The van der Waals surface area contributed by atoms with Gasteiger partial charge in [0.25, 0.3) is 0 Å². The molecule has 2 rings (SSSR count). The second-order valence-corrected chi connectivity index (χ2v) is 4.84. The molecule has 0 aromatic rings. The summed E-state index contributed by atoms with van der Waals surface area (Å²) in [5, 5.41) is 8.93. The van der Waals surface area contributed by atoms with Crippen LogP contribution in [0.25, 0.3) is 0 Å². The molecule has 0 aromatic heterocycles. The van der Waals surface area contributed by atoms with Gasteiger partial charge in [-0.3, -0.25) is 0 Å². The van der Waals surface area contributed by atoms with Crippen molar-refractivity contribution < 1.29 is 9.84 Å². The van der Waals surface area contributed by atoms with E-state index in [1.54, 1.807) is 7.11 Å². The van der Waals surface area contributed by atoms with Gasteiger partial charge in [-0.05, 0) is 18.8 Å². The summed E-state index contributed by atoms with van der Waals surface area (Å²) in [7, 11) is 1.80. The Morgan fingerprint density at radius 3 is 3.14 bits per heavy atom. The Balaban J connectivity index is 1.99. The fourth-order valence-corrected chi connectivity index (χ4v) is 3.36. The molecule has 1 heterocycles. The highest BCUT2D eigenvalue weighted by Gasteiger charge is 2.48. The fraction of sp³-hybridized carbons (Fsp3) is 1.00. The van der Waals surface area contributed by atoms with E-state index in [2.05, 4.69) is 4.90 Å². The lowest BCUT2D eigenvalue weighted by Gasteiger charge is -2.27. The van der Waals surface area contributed by atoms with Crippen molar-refractivity contribution in [2.45, 2.75) is 19.3 Å². The van der Waals surface area contributed by atoms with Crippen molar-refractivity contribution in [2.75, 3.05) is 40.0 Å². The number of rotatable bonds is 4. The third kappa shape index (κ3) is 1.69. The number of β-amino-alcohol motifs (C(OH)–C–C–N with tert-alkyl or cyclic N) is 1. The van der Waals surface area contributed by atoms with Crippen molar-refractivity contribution in [1.82, 2.24) is 4.90 Å². The van der Waals surface area contributed by atoms with Gasteiger partial charge in [-0.15, -0.1) is 0 Å². The van der Waals surface area contributed by atoms with Gasteiger partial charge in [0, 0.05) is 32.2 Å². The molecular formula is C11H21NO2.